The summed E-state index contributed by atoms with van der Waals surface area (Å²) >= 11 is 0. The number of benzene rings is 1. The maximum Gasteiger partial charge on any atom is 0.243 e. The quantitative estimate of drug-likeness (QED) is 0.929. The van der Waals surface area contributed by atoms with Crippen LogP contribution in [0.15, 0.2) is 17.0 Å². The molecule has 1 heterocycles. The Morgan fingerprint density at radius 2 is 2.05 bits per heavy atom. The lowest BCUT2D eigenvalue weighted by Gasteiger charge is -2.30. The van der Waals surface area contributed by atoms with Gasteiger partial charge in [-0.3, -0.25) is 0 Å². The van der Waals surface area contributed by atoms with E-state index in [1.54, 1.807) is 4.31 Å². The molecule has 1 unspecified atom stereocenters. The first-order chi connectivity index (χ1) is 9.86. The Balaban J connectivity index is 2.43. The Labute approximate surface area is 128 Å². The van der Waals surface area contributed by atoms with Crippen molar-refractivity contribution in [2.24, 2.45) is 5.92 Å². The molecule has 1 atom stereocenters. The highest BCUT2D eigenvalue weighted by atomic mass is 32.2. The Hall–Kier alpha value is -0.910. The smallest absolute Gasteiger partial charge is 0.243 e. The molecule has 0 bridgehead atoms. The van der Waals surface area contributed by atoms with Gasteiger partial charge in [-0.2, -0.15) is 4.31 Å². The second-order valence-corrected chi connectivity index (χ2v) is 8.08. The van der Waals surface area contributed by atoms with Gasteiger partial charge in [-0.1, -0.05) is 13.0 Å². The van der Waals surface area contributed by atoms with E-state index in [9.17, 15) is 8.42 Å². The molecule has 0 aliphatic carbocycles. The second kappa shape index (κ2) is 6.46. The third-order valence-electron chi connectivity index (χ3n) is 4.30. The van der Waals surface area contributed by atoms with E-state index in [0.717, 1.165) is 29.5 Å². The van der Waals surface area contributed by atoms with E-state index in [0.29, 0.717) is 30.4 Å². The van der Waals surface area contributed by atoms with Crippen molar-refractivity contribution in [2.75, 3.05) is 20.1 Å². The first kappa shape index (κ1) is 16.5. The molecule has 118 valence electrons. The standard InChI is InChI=1S/C16H26N2O2S/c1-12-6-5-7-18(11-12)21(19,20)16-9-15(10-17-4)8-13(2)14(16)3/h8-9,12,17H,5-7,10-11H2,1-4H3. The van der Waals surface area contributed by atoms with E-state index < -0.39 is 10.0 Å². The van der Waals surface area contributed by atoms with Crippen LogP contribution in [0.25, 0.3) is 0 Å². The molecule has 21 heavy (non-hydrogen) atoms. The van der Waals surface area contributed by atoms with Crippen LogP contribution in [0.4, 0.5) is 0 Å². The van der Waals surface area contributed by atoms with Gasteiger partial charge in [0.1, 0.15) is 0 Å². The van der Waals surface area contributed by atoms with Gasteiger partial charge in [0.05, 0.1) is 4.90 Å². The van der Waals surface area contributed by atoms with Crippen molar-refractivity contribution in [3.63, 3.8) is 0 Å². The van der Waals surface area contributed by atoms with Gasteiger partial charge in [-0.15, -0.1) is 0 Å². The van der Waals surface area contributed by atoms with Gasteiger partial charge in [0.2, 0.25) is 10.0 Å². The van der Waals surface area contributed by atoms with Gasteiger partial charge in [-0.05, 0) is 62.4 Å². The Morgan fingerprint density at radius 1 is 1.33 bits per heavy atom. The molecular weight excluding hydrogens is 284 g/mol. The maximum absolute atomic E-state index is 13.0. The summed E-state index contributed by atoms with van der Waals surface area (Å²) in [5.41, 5.74) is 2.92. The summed E-state index contributed by atoms with van der Waals surface area (Å²) in [5.74, 6) is 0.440. The SMILES string of the molecule is CNCc1cc(C)c(C)c(S(=O)(=O)N2CCCC(C)C2)c1. The highest BCUT2D eigenvalue weighted by Gasteiger charge is 2.30. The fourth-order valence-corrected chi connectivity index (χ4v) is 4.92. The van der Waals surface area contributed by atoms with Crippen molar-refractivity contribution < 1.29 is 8.42 Å². The van der Waals surface area contributed by atoms with Gasteiger partial charge in [-0.25, -0.2) is 8.42 Å². The number of hydrogen-bond donors (Lipinski definition) is 1. The van der Waals surface area contributed by atoms with Gasteiger partial charge < -0.3 is 5.32 Å². The fraction of sp³-hybridized carbons (Fsp3) is 0.625. The summed E-state index contributed by atoms with van der Waals surface area (Å²) < 4.78 is 27.6. The highest BCUT2D eigenvalue weighted by Crippen LogP contribution is 2.27. The van der Waals surface area contributed by atoms with Crippen molar-refractivity contribution in [3.8, 4) is 0 Å². The summed E-state index contributed by atoms with van der Waals surface area (Å²) in [6.07, 6.45) is 2.07. The summed E-state index contributed by atoms with van der Waals surface area (Å²) in [7, 11) is -1.51. The van der Waals surface area contributed by atoms with Gasteiger partial charge in [0, 0.05) is 19.6 Å². The van der Waals surface area contributed by atoms with Crippen LogP contribution in [-0.4, -0.2) is 32.9 Å². The maximum atomic E-state index is 13.0. The lowest BCUT2D eigenvalue weighted by Crippen LogP contribution is -2.39. The number of aryl methyl sites for hydroxylation is 1. The monoisotopic (exact) mass is 310 g/mol. The van der Waals surface area contributed by atoms with Crippen LogP contribution in [0, 0.1) is 19.8 Å². The molecule has 1 aromatic carbocycles. The average molecular weight is 310 g/mol. The highest BCUT2D eigenvalue weighted by molar-refractivity contribution is 7.89. The number of hydrogen-bond acceptors (Lipinski definition) is 3. The van der Waals surface area contributed by atoms with E-state index in [1.165, 1.54) is 0 Å². The van der Waals surface area contributed by atoms with E-state index >= 15 is 0 Å². The summed E-state index contributed by atoms with van der Waals surface area (Å²) in [4.78, 5) is 0.474. The van der Waals surface area contributed by atoms with E-state index in [4.69, 9.17) is 0 Å². The summed E-state index contributed by atoms with van der Waals surface area (Å²) in [6, 6.07) is 3.89. The van der Waals surface area contributed by atoms with Crippen molar-refractivity contribution in [1.82, 2.24) is 9.62 Å². The first-order valence-corrected chi connectivity index (χ1v) is 9.05. The third kappa shape index (κ3) is 3.47. The number of rotatable bonds is 4. The van der Waals surface area contributed by atoms with Crippen molar-refractivity contribution in [2.45, 2.75) is 45.1 Å². The van der Waals surface area contributed by atoms with E-state index in [-0.39, 0.29) is 0 Å². The van der Waals surface area contributed by atoms with Gasteiger partial charge in [0.25, 0.3) is 0 Å². The topological polar surface area (TPSA) is 49.4 Å². The second-order valence-electron chi connectivity index (χ2n) is 6.18. The zero-order valence-corrected chi connectivity index (χ0v) is 14.3. The average Bonchev–Trinajstić information content (AvgIpc) is 2.42. The predicted molar refractivity (Wildman–Crippen MR) is 85.8 cm³/mol. The molecule has 1 aliphatic rings. The van der Waals surface area contributed by atoms with Crippen molar-refractivity contribution in [1.29, 1.82) is 0 Å². The lowest BCUT2D eigenvalue weighted by atomic mass is 10.0. The Bertz CT molecular complexity index is 611. The van der Waals surface area contributed by atoms with Crippen LogP contribution in [-0.2, 0) is 16.6 Å². The van der Waals surface area contributed by atoms with Crippen LogP contribution in [0.1, 0.15) is 36.5 Å². The van der Waals surface area contributed by atoms with Crippen LogP contribution in [0.5, 0.6) is 0 Å². The molecule has 2 rings (SSSR count). The van der Waals surface area contributed by atoms with Crippen LogP contribution in [0.2, 0.25) is 0 Å². The first-order valence-electron chi connectivity index (χ1n) is 7.61. The summed E-state index contributed by atoms with van der Waals surface area (Å²) in [6.45, 7) is 7.96. The summed E-state index contributed by atoms with van der Waals surface area (Å²) in [5, 5.41) is 3.09. The number of nitrogens with one attached hydrogen (secondary N) is 1. The molecule has 0 aromatic heterocycles. The molecule has 1 N–H and O–H groups in total. The fourth-order valence-electron chi connectivity index (χ4n) is 2.98. The Kier molecular flexibility index (Phi) is 5.07. The van der Waals surface area contributed by atoms with Crippen molar-refractivity contribution in [3.05, 3.63) is 28.8 Å². The van der Waals surface area contributed by atoms with E-state index in [2.05, 4.69) is 18.3 Å². The molecule has 0 spiro atoms. The normalized spacial score (nSPS) is 20.7. The largest absolute Gasteiger partial charge is 0.316 e. The zero-order chi connectivity index (χ0) is 15.6. The molecule has 1 fully saturated rings. The molecule has 0 saturated carbocycles. The zero-order valence-electron chi connectivity index (χ0n) is 13.4. The van der Waals surface area contributed by atoms with Crippen LogP contribution >= 0.6 is 0 Å². The molecule has 1 aliphatic heterocycles. The molecule has 0 amide bonds. The number of nitrogens with zero attached hydrogens (tertiary/aromatic N) is 1. The molecular formula is C16H26N2O2S. The van der Waals surface area contributed by atoms with Gasteiger partial charge >= 0.3 is 0 Å². The number of sulfonamides is 1. The molecule has 1 saturated heterocycles. The minimum absolute atomic E-state index is 0.440. The molecule has 4 nitrogen and oxygen atoms in total. The Morgan fingerprint density at radius 3 is 2.67 bits per heavy atom. The minimum atomic E-state index is -3.38. The van der Waals surface area contributed by atoms with Crippen LogP contribution < -0.4 is 5.32 Å². The molecule has 0 radical (unpaired) electrons. The predicted octanol–water partition coefficient (Wildman–Crippen LogP) is 2.44. The van der Waals surface area contributed by atoms with Gasteiger partial charge in [0.15, 0.2) is 0 Å². The van der Waals surface area contributed by atoms with Crippen LogP contribution in [0.3, 0.4) is 0 Å². The van der Waals surface area contributed by atoms with Crippen molar-refractivity contribution >= 4 is 10.0 Å². The third-order valence-corrected chi connectivity index (χ3v) is 6.29. The van der Waals surface area contributed by atoms with E-state index in [1.807, 2.05) is 27.0 Å². The minimum Gasteiger partial charge on any atom is -0.316 e. The molecule has 5 heteroatoms. The number of piperidine rings is 1. The lowest BCUT2D eigenvalue weighted by molar-refractivity contribution is 0.281. The molecule has 1 aromatic rings.